The molecule has 6 nitrogen and oxygen atoms in total. The highest BCUT2D eigenvalue weighted by Crippen LogP contribution is 2.32. The molecule has 0 spiro atoms. The molecule has 0 radical (unpaired) electrons. The third-order valence-electron chi connectivity index (χ3n) is 5.26. The van der Waals surface area contributed by atoms with Gasteiger partial charge in [0.1, 0.15) is 6.54 Å². The first-order valence-electron chi connectivity index (χ1n) is 8.95. The van der Waals surface area contributed by atoms with Crippen molar-refractivity contribution in [2.45, 2.75) is 57.5 Å². The van der Waals surface area contributed by atoms with E-state index in [9.17, 15) is 14.4 Å². The number of urea groups is 1. The van der Waals surface area contributed by atoms with Gasteiger partial charge in [-0.05, 0) is 38.1 Å². The molecule has 1 N–H and O–H groups in total. The maximum Gasteiger partial charge on any atom is 0.325 e. The van der Waals surface area contributed by atoms with E-state index >= 15 is 0 Å². The number of hydrogen-bond donors (Lipinski definition) is 1. The smallest absolute Gasteiger partial charge is 0.325 e. The quantitative estimate of drug-likeness (QED) is 0.818. The van der Waals surface area contributed by atoms with Gasteiger partial charge in [0.25, 0.3) is 5.91 Å². The molecular formula is C18H25N3O3S. The fraction of sp³-hybridized carbons (Fsp3) is 0.611. The van der Waals surface area contributed by atoms with Gasteiger partial charge in [0, 0.05) is 17.5 Å². The van der Waals surface area contributed by atoms with E-state index in [0.717, 1.165) is 35.5 Å². The minimum absolute atomic E-state index is 0.145. The Bertz CT molecular complexity index is 655. The fourth-order valence-corrected chi connectivity index (χ4v) is 4.66. The predicted molar refractivity (Wildman–Crippen MR) is 96.2 cm³/mol. The van der Waals surface area contributed by atoms with Crippen LogP contribution in [0.5, 0.6) is 0 Å². The summed E-state index contributed by atoms with van der Waals surface area (Å²) in [6, 6.07) is 3.42. The number of nitrogens with zero attached hydrogens (tertiary/aromatic N) is 2. The van der Waals surface area contributed by atoms with Gasteiger partial charge < -0.3 is 10.2 Å². The lowest BCUT2D eigenvalue weighted by Gasteiger charge is -2.34. The summed E-state index contributed by atoms with van der Waals surface area (Å²) >= 11 is 1.42. The molecule has 1 aromatic heterocycles. The Kier molecular flexibility index (Phi) is 5.13. The van der Waals surface area contributed by atoms with Gasteiger partial charge in [0.2, 0.25) is 5.91 Å². The first-order chi connectivity index (χ1) is 12.0. The second-order valence-electron chi connectivity index (χ2n) is 6.90. The summed E-state index contributed by atoms with van der Waals surface area (Å²) in [6.07, 6.45) is 5.50. The molecule has 7 heteroatoms. The van der Waals surface area contributed by atoms with E-state index < -0.39 is 11.6 Å². The average molecular weight is 363 g/mol. The number of thiophene rings is 1. The summed E-state index contributed by atoms with van der Waals surface area (Å²) < 4.78 is 0. The first kappa shape index (κ1) is 17.9. The van der Waals surface area contributed by atoms with Crippen LogP contribution in [0.2, 0.25) is 0 Å². The van der Waals surface area contributed by atoms with Crippen LogP contribution in [-0.2, 0) is 15.1 Å². The van der Waals surface area contributed by atoms with Crippen molar-refractivity contribution in [3.8, 4) is 0 Å². The number of likely N-dealkylation sites (N-methyl/N-ethyl adjacent to an activating group) is 1. The summed E-state index contributed by atoms with van der Waals surface area (Å²) in [6.45, 7) is 4.07. The van der Waals surface area contributed by atoms with Crippen LogP contribution >= 0.6 is 11.3 Å². The van der Waals surface area contributed by atoms with Gasteiger partial charge in [0.05, 0.1) is 0 Å². The maximum absolute atomic E-state index is 12.8. The van der Waals surface area contributed by atoms with Crippen LogP contribution in [0.4, 0.5) is 4.79 Å². The van der Waals surface area contributed by atoms with Crippen molar-refractivity contribution in [2.75, 3.05) is 13.1 Å². The van der Waals surface area contributed by atoms with Crippen LogP contribution < -0.4 is 5.32 Å². The molecule has 2 heterocycles. The molecule has 0 bridgehead atoms. The molecular weight excluding hydrogens is 338 g/mol. The molecule has 136 valence electrons. The third-order valence-corrected chi connectivity index (χ3v) is 6.35. The molecule has 25 heavy (non-hydrogen) atoms. The molecule has 1 aliphatic carbocycles. The molecule has 1 unspecified atom stereocenters. The lowest BCUT2D eigenvalue weighted by molar-refractivity contribution is -0.140. The van der Waals surface area contributed by atoms with Crippen LogP contribution in [-0.4, -0.2) is 46.8 Å². The van der Waals surface area contributed by atoms with Crippen molar-refractivity contribution >= 4 is 29.2 Å². The Balaban J connectivity index is 1.72. The molecule has 4 amide bonds. The van der Waals surface area contributed by atoms with Gasteiger partial charge in [-0.25, -0.2) is 4.79 Å². The Morgan fingerprint density at radius 2 is 2.08 bits per heavy atom. The van der Waals surface area contributed by atoms with Crippen LogP contribution in [0, 0.1) is 0 Å². The van der Waals surface area contributed by atoms with E-state index in [1.165, 1.54) is 17.8 Å². The lowest BCUT2D eigenvalue weighted by Crippen LogP contribution is -2.48. The van der Waals surface area contributed by atoms with E-state index in [-0.39, 0.29) is 24.4 Å². The number of carbonyl (C=O) groups excluding carboxylic acids is 3. The second-order valence-corrected chi connectivity index (χ2v) is 7.84. The number of nitrogens with one attached hydrogen (secondary N) is 1. The van der Waals surface area contributed by atoms with E-state index in [4.69, 9.17) is 0 Å². The van der Waals surface area contributed by atoms with Crippen molar-refractivity contribution in [3.05, 3.63) is 22.4 Å². The number of rotatable bonds is 5. The van der Waals surface area contributed by atoms with Gasteiger partial charge in [-0.3, -0.25) is 14.5 Å². The summed E-state index contributed by atoms with van der Waals surface area (Å²) in [5, 5.41) is 4.62. The topological polar surface area (TPSA) is 69.7 Å². The summed E-state index contributed by atoms with van der Waals surface area (Å²) in [5.41, 5.74) is -1.08. The Morgan fingerprint density at radius 3 is 2.68 bits per heavy atom. The predicted octanol–water partition coefficient (Wildman–Crippen LogP) is 2.70. The largest absolute Gasteiger partial charge is 0.338 e. The second kappa shape index (κ2) is 7.15. The SMILES string of the molecule is CCN(C(=O)CN1C(=O)NC(C)(c2cccs2)C1=O)C1CCCCC1. The van der Waals surface area contributed by atoms with Crippen molar-refractivity contribution < 1.29 is 14.4 Å². The Hall–Kier alpha value is -1.89. The van der Waals surface area contributed by atoms with E-state index in [0.29, 0.717) is 6.54 Å². The van der Waals surface area contributed by atoms with Crippen LogP contribution in [0.3, 0.4) is 0 Å². The van der Waals surface area contributed by atoms with Crippen molar-refractivity contribution in [2.24, 2.45) is 0 Å². The van der Waals surface area contributed by atoms with Crippen molar-refractivity contribution in [1.29, 1.82) is 0 Å². The molecule has 1 saturated carbocycles. The summed E-state index contributed by atoms with van der Waals surface area (Å²) in [4.78, 5) is 41.6. The Morgan fingerprint density at radius 1 is 1.36 bits per heavy atom. The first-order valence-corrected chi connectivity index (χ1v) is 9.83. The minimum atomic E-state index is -1.08. The number of hydrogen-bond acceptors (Lipinski definition) is 4. The molecule has 2 fully saturated rings. The highest BCUT2D eigenvalue weighted by molar-refractivity contribution is 7.10. The number of amides is 4. The molecule has 2 aliphatic rings. The standard InChI is InChI=1S/C18H25N3O3S/c1-3-20(13-8-5-4-6-9-13)15(22)12-21-16(23)18(2,19-17(21)24)14-10-7-11-25-14/h7,10-11,13H,3-6,8-9,12H2,1-2H3,(H,19,24). The van der Waals surface area contributed by atoms with Gasteiger partial charge in [0.15, 0.2) is 5.54 Å². The van der Waals surface area contributed by atoms with E-state index in [2.05, 4.69) is 5.32 Å². The lowest BCUT2D eigenvalue weighted by atomic mass is 9.94. The van der Waals surface area contributed by atoms with Gasteiger partial charge >= 0.3 is 6.03 Å². The van der Waals surface area contributed by atoms with Crippen molar-refractivity contribution in [3.63, 3.8) is 0 Å². The molecule has 1 aromatic rings. The molecule has 1 saturated heterocycles. The zero-order valence-electron chi connectivity index (χ0n) is 14.8. The van der Waals surface area contributed by atoms with E-state index in [1.54, 1.807) is 6.92 Å². The zero-order chi connectivity index (χ0) is 18.0. The Labute approximate surface area is 152 Å². The normalized spacial score (nSPS) is 24.5. The van der Waals surface area contributed by atoms with Crippen molar-refractivity contribution in [1.82, 2.24) is 15.1 Å². The molecule has 1 atom stereocenters. The van der Waals surface area contributed by atoms with Crippen LogP contribution in [0.15, 0.2) is 17.5 Å². The minimum Gasteiger partial charge on any atom is -0.338 e. The maximum atomic E-state index is 12.8. The van der Waals surface area contributed by atoms with E-state index in [1.807, 2.05) is 29.3 Å². The van der Waals surface area contributed by atoms with Gasteiger partial charge in [-0.2, -0.15) is 0 Å². The molecule has 3 rings (SSSR count). The zero-order valence-corrected chi connectivity index (χ0v) is 15.6. The number of carbonyl (C=O) groups is 3. The van der Waals surface area contributed by atoms with Crippen LogP contribution in [0.1, 0.15) is 50.8 Å². The highest BCUT2D eigenvalue weighted by atomic mass is 32.1. The molecule has 0 aromatic carbocycles. The summed E-state index contributed by atoms with van der Waals surface area (Å²) in [5.74, 6) is -0.499. The third kappa shape index (κ3) is 3.29. The van der Waals surface area contributed by atoms with Gasteiger partial charge in [-0.15, -0.1) is 11.3 Å². The van der Waals surface area contributed by atoms with Crippen LogP contribution in [0.25, 0.3) is 0 Å². The average Bonchev–Trinajstić information content (AvgIpc) is 3.21. The number of imide groups is 1. The molecule has 1 aliphatic heterocycles. The fourth-order valence-electron chi connectivity index (χ4n) is 3.83. The van der Waals surface area contributed by atoms with Gasteiger partial charge in [-0.1, -0.05) is 25.3 Å². The summed E-state index contributed by atoms with van der Waals surface area (Å²) in [7, 11) is 0. The monoisotopic (exact) mass is 363 g/mol. The highest BCUT2D eigenvalue weighted by Gasteiger charge is 2.50.